The van der Waals surface area contributed by atoms with Crippen LogP contribution < -0.4 is 14.4 Å². The van der Waals surface area contributed by atoms with E-state index in [0.717, 1.165) is 48.9 Å². The zero-order valence-electron chi connectivity index (χ0n) is 11.4. The number of aliphatic hydroxyl groups is 2. The van der Waals surface area contributed by atoms with Gasteiger partial charge >= 0.3 is 0 Å². The van der Waals surface area contributed by atoms with Crippen molar-refractivity contribution in [2.45, 2.75) is 6.61 Å². The third kappa shape index (κ3) is 2.42. The quantitative estimate of drug-likeness (QED) is 0.814. The van der Waals surface area contributed by atoms with E-state index in [1.165, 1.54) is 0 Å². The average Bonchev–Trinajstić information content (AvgIpc) is 2.54. The molecule has 2 heterocycles. The number of nitrogens with zero attached hydrogens (tertiary/aromatic N) is 2. The van der Waals surface area contributed by atoms with Gasteiger partial charge in [-0.2, -0.15) is 0 Å². The second kappa shape index (κ2) is 5.87. The van der Waals surface area contributed by atoms with E-state index in [0.29, 0.717) is 13.2 Å². The van der Waals surface area contributed by atoms with Gasteiger partial charge in [0.25, 0.3) is 0 Å². The summed E-state index contributed by atoms with van der Waals surface area (Å²) in [6, 6.07) is 3.74. The smallest absolute Gasteiger partial charge is 0.185 e. The van der Waals surface area contributed by atoms with Gasteiger partial charge in [0.05, 0.1) is 19.0 Å². The van der Waals surface area contributed by atoms with Crippen LogP contribution in [-0.4, -0.2) is 61.2 Å². The molecule has 0 saturated carbocycles. The number of aliphatic hydroxyl groups excluding tert-OH is 2. The topological polar surface area (TPSA) is 65.4 Å². The van der Waals surface area contributed by atoms with Crippen LogP contribution in [0.4, 0.5) is 5.69 Å². The highest BCUT2D eigenvalue weighted by Crippen LogP contribution is 2.42. The molecule has 2 aliphatic heterocycles. The van der Waals surface area contributed by atoms with Crippen LogP contribution in [0, 0.1) is 0 Å². The van der Waals surface area contributed by atoms with E-state index >= 15 is 0 Å². The van der Waals surface area contributed by atoms with Crippen molar-refractivity contribution in [3.8, 4) is 11.5 Å². The molecule has 0 amide bonds. The summed E-state index contributed by atoms with van der Waals surface area (Å²) >= 11 is 0. The average molecular weight is 280 g/mol. The molecule has 1 fully saturated rings. The largest absolute Gasteiger partial charge is 0.486 e. The Morgan fingerprint density at radius 1 is 1.00 bits per heavy atom. The number of piperazine rings is 1. The molecule has 0 aliphatic carbocycles. The molecule has 0 unspecified atom stereocenters. The van der Waals surface area contributed by atoms with Crippen LogP contribution in [0.25, 0.3) is 0 Å². The number of hydrogen-bond donors (Lipinski definition) is 2. The number of hydrogen-bond acceptors (Lipinski definition) is 6. The Kier molecular flexibility index (Phi) is 3.95. The highest BCUT2D eigenvalue weighted by Gasteiger charge is 2.26. The van der Waals surface area contributed by atoms with Crippen molar-refractivity contribution in [2.75, 3.05) is 51.0 Å². The Morgan fingerprint density at radius 3 is 2.45 bits per heavy atom. The van der Waals surface area contributed by atoms with Crippen molar-refractivity contribution >= 4 is 5.69 Å². The monoisotopic (exact) mass is 280 g/mol. The van der Waals surface area contributed by atoms with Crippen LogP contribution >= 0.6 is 0 Å². The van der Waals surface area contributed by atoms with Crippen molar-refractivity contribution in [3.05, 3.63) is 17.7 Å². The van der Waals surface area contributed by atoms with E-state index in [9.17, 15) is 5.11 Å². The molecule has 1 saturated heterocycles. The minimum absolute atomic E-state index is 0.0216. The van der Waals surface area contributed by atoms with Crippen LogP contribution in [-0.2, 0) is 6.61 Å². The first-order valence-electron chi connectivity index (χ1n) is 6.94. The van der Waals surface area contributed by atoms with Gasteiger partial charge in [0, 0.05) is 31.7 Å². The zero-order chi connectivity index (χ0) is 13.9. The first-order chi connectivity index (χ1) is 9.83. The fourth-order valence-corrected chi connectivity index (χ4v) is 2.73. The third-order valence-electron chi connectivity index (χ3n) is 3.83. The van der Waals surface area contributed by atoms with Crippen LogP contribution in [0.3, 0.4) is 0 Å². The first kappa shape index (κ1) is 13.5. The Morgan fingerprint density at radius 2 is 1.75 bits per heavy atom. The van der Waals surface area contributed by atoms with Crippen LogP contribution in [0.5, 0.6) is 11.5 Å². The predicted octanol–water partition coefficient (Wildman–Crippen LogP) is 0.0219. The molecule has 6 heteroatoms. The lowest BCUT2D eigenvalue weighted by atomic mass is 10.1. The van der Waals surface area contributed by atoms with Gasteiger partial charge in [0.1, 0.15) is 13.2 Å². The lowest BCUT2D eigenvalue weighted by Crippen LogP contribution is -2.47. The van der Waals surface area contributed by atoms with Gasteiger partial charge in [0.15, 0.2) is 11.5 Å². The van der Waals surface area contributed by atoms with E-state index in [-0.39, 0.29) is 13.3 Å². The van der Waals surface area contributed by atoms with Crippen LogP contribution in [0.1, 0.15) is 5.56 Å². The summed E-state index contributed by atoms with van der Waals surface area (Å²) in [5, 5.41) is 18.7. The number of benzene rings is 1. The third-order valence-corrected chi connectivity index (χ3v) is 3.83. The fourth-order valence-electron chi connectivity index (χ4n) is 2.73. The van der Waals surface area contributed by atoms with Gasteiger partial charge in [-0.05, 0) is 6.07 Å². The molecule has 110 valence electrons. The van der Waals surface area contributed by atoms with Crippen molar-refractivity contribution in [1.29, 1.82) is 0 Å². The molecule has 0 spiro atoms. The maximum atomic E-state index is 9.58. The van der Waals surface area contributed by atoms with Crippen molar-refractivity contribution in [3.63, 3.8) is 0 Å². The second-order valence-corrected chi connectivity index (χ2v) is 5.00. The van der Waals surface area contributed by atoms with E-state index in [4.69, 9.17) is 14.6 Å². The Balaban J connectivity index is 1.91. The van der Waals surface area contributed by atoms with Crippen LogP contribution in [0.15, 0.2) is 12.1 Å². The normalized spacial score (nSPS) is 19.2. The van der Waals surface area contributed by atoms with Crippen molar-refractivity contribution in [2.24, 2.45) is 0 Å². The summed E-state index contributed by atoms with van der Waals surface area (Å²) in [6.45, 7) is 4.35. The Hall–Kier alpha value is -1.50. The predicted molar refractivity (Wildman–Crippen MR) is 74.2 cm³/mol. The molecule has 1 aromatic carbocycles. The molecule has 2 N–H and O–H groups in total. The van der Waals surface area contributed by atoms with Crippen molar-refractivity contribution < 1.29 is 19.7 Å². The molecule has 0 aromatic heterocycles. The summed E-state index contributed by atoms with van der Waals surface area (Å²) in [6.07, 6.45) is 0. The molecule has 20 heavy (non-hydrogen) atoms. The minimum atomic E-state index is -0.0216. The Labute approximate surface area is 118 Å². The number of fused-ring (bicyclic) bond motifs is 1. The Bertz CT molecular complexity index is 472. The maximum Gasteiger partial charge on any atom is 0.185 e. The molecular weight excluding hydrogens is 260 g/mol. The summed E-state index contributed by atoms with van der Waals surface area (Å²) < 4.78 is 11.4. The second-order valence-electron chi connectivity index (χ2n) is 5.00. The van der Waals surface area contributed by atoms with Crippen molar-refractivity contribution in [1.82, 2.24) is 4.90 Å². The van der Waals surface area contributed by atoms with Gasteiger partial charge in [-0.15, -0.1) is 0 Å². The molecule has 3 rings (SSSR count). The first-order valence-corrected chi connectivity index (χ1v) is 6.94. The highest BCUT2D eigenvalue weighted by molar-refractivity contribution is 5.69. The molecule has 0 atom stereocenters. The SMILES string of the molecule is OCc1ccc2c(c1N1CCN(CO)CC1)OCCO2. The van der Waals surface area contributed by atoms with Gasteiger partial charge in [0.2, 0.25) is 0 Å². The number of rotatable bonds is 3. The summed E-state index contributed by atoms with van der Waals surface area (Å²) in [4.78, 5) is 4.19. The molecule has 0 bridgehead atoms. The fraction of sp³-hybridized carbons (Fsp3) is 0.571. The maximum absolute atomic E-state index is 9.58. The molecule has 0 radical (unpaired) electrons. The van der Waals surface area contributed by atoms with Gasteiger partial charge in [-0.3, -0.25) is 4.90 Å². The summed E-state index contributed by atoms with van der Waals surface area (Å²) in [7, 11) is 0. The van der Waals surface area contributed by atoms with Crippen LogP contribution in [0.2, 0.25) is 0 Å². The molecule has 6 nitrogen and oxygen atoms in total. The van der Waals surface area contributed by atoms with E-state index in [2.05, 4.69) is 4.90 Å². The zero-order valence-corrected chi connectivity index (χ0v) is 11.4. The highest BCUT2D eigenvalue weighted by atomic mass is 16.6. The van der Waals surface area contributed by atoms with E-state index in [1.807, 2.05) is 17.0 Å². The lowest BCUT2D eigenvalue weighted by Gasteiger charge is -2.37. The minimum Gasteiger partial charge on any atom is -0.486 e. The lowest BCUT2D eigenvalue weighted by molar-refractivity contribution is 0.101. The number of anilines is 1. The summed E-state index contributed by atoms with van der Waals surface area (Å²) in [5.41, 5.74) is 1.79. The van der Waals surface area contributed by atoms with Gasteiger partial charge in [-0.1, -0.05) is 6.07 Å². The molecule has 2 aliphatic rings. The summed E-state index contributed by atoms with van der Waals surface area (Å²) in [5.74, 6) is 1.48. The number of ether oxygens (including phenoxy) is 2. The van der Waals surface area contributed by atoms with E-state index in [1.54, 1.807) is 0 Å². The molecule has 1 aromatic rings. The molecular formula is C14H20N2O4. The van der Waals surface area contributed by atoms with E-state index < -0.39 is 0 Å². The van der Waals surface area contributed by atoms with Gasteiger partial charge in [-0.25, -0.2) is 0 Å². The standard InChI is InChI=1S/C14H20N2O4/c17-9-11-1-2-12-14(20-8-7-19-12)13(11)16-5-3-15(10-18)4-6-16/h1-2,17-18H,3-10H2. The van der Waals surface area contributed by atoms with Gasteiger partial charge < -0.3 is 24.6 Å².